The number of aromatic nitrogens is 4. The van der Waals surface area contributed by atoms with Crippen LogP contribution >= 0.6 is 0 Å². The van der Waals surface area contributed by atoms with E-state index in [0.29, 0.717) is 17.9 Å². The molecule has 1 aromatic carbocycles. The van der Waals surface area contributed by atoms with Crippen LogP contribution in [0, 0.1) is 12.7 Å². The number of hydrogen-bond donors (Lipinski definition) is 1. The van der Waals surface area contributed by atoms with Crippen molar-refractivity contribution in [2.24, 2.45) is 7.05 Å². The van der Waals surface area contributed by atoms with E-state index in [9.17, 15) is 9.18 Å². The van der Waals surface area contributed by atoms with Gasteiger partial charge in [-0.05, 0) is 37.3 Å². The number of carbonyl (C=O) groups is 1. The van der Waals surface area contributed by atoms with Crippen LogP contribution in [0.4, 0.5) is 4.39 Å². The zero-order valence-corrected chi connectivity index (χ0v) is 13.7. The highest BCUT2D eigenvalue weighted by molar-refractivity contribution is 5.93. The van der Waals surface area contributed by atoms with Crippen molar-refractivity contribution in [1.29, 1.82) is 0 Å². The lowest BCUT2D eigenvalue weighted by molar-refractivity contribution is 0.0779. The fourth-order valence-electron chi connectivity index (χ4n) is 2.54. The van der Waals surface area contributed by atoms with Crippen LogP contribution in [0.3, 0.4) is 0 Å². The van der Waals surface area contributed by atoms with E-state index in [1.54, 1.807) is 34.8 Å². The lowest BCUT2D eigenvalue weighted by atomic mass is 10.1. The Kier molecular flexibility index (Phi) is 4.16. The number of amides is 1. The Morgan fingerprint density at radius 1 is 1.33 bits per heavy atom. The molecule has 24 heavy (non-hydrogen) atoms. The smallest absolute Gasteiger partial charge is 0.271 e. The molecule has 0 aliphatic carbocycles. The lowest BCUT2D eigenvalue weighted by Gasteiger charge is -2.15. The number of aryl methyl sites for hydroxylation is 2. The monoisotopic (exact) mass is 327 g/mol. The first-order valence-electron chi connectivity index (χ1n) is 7.50. The van der Waals surface area contributed by atoms with Crippen LogP contribution in [0.15, 0.2) is 36.5 Å². The molecule has 6 nitrogen and oxygen atoms in total. The number of nitrogens with zero attached hydrogens (tertiary/aromatic N) is 4. The quantitative estimate of drug-likeness (QED) is 0.801. The third kappa shape index (κ3) is 3.19. The zero-order chi connectivity index (χ0) is 17.3. The lowest BCUT2D eigenvalue weighted by Crippen LogP contribution is -2.26. The molecule has 2 heterocycles. The summed E-state index contributed by atoms with van der Waals surface area (Å²) >= 11 is 0. The number of aromatic amines is 1. The Hall–Kier alpha value is -2.96. The van der Waals surface area contributed by atoms with Crippen molar-refractivity contribution in [3.63, 3.8) is 0 Å². The van der Waals surface area contributed by atoms with Crippen LogP contribution in [0.2, 0.25) is 0 Å². The van der Waals surface area contributed by atoms with Crippen molar-refractivity contribution in [1.82, 2.24) is 24.9 Å². The largest absolute Gasteiger partial charge is 0.336 e. The third-order valence-corrected chi connectivity index (χ3v) is 3.82. The first-order chi connectivity index (χ1) is 11.4. The molecular formula is C17H18FN5O. The van der Waals surface area contributed by atoms with Crippen molar-refractivity contribution in [2.45, 2.75) is 13.5 Å². The predicted molar refractivity (Wildman–Crippen MR) is 87.7 cm³/mol. The molecule has 0 radical (unpaired) electrons. The number of benzene rings is 1. The molecule has 3 aromatic rings. The first kappa shape index (κ1) is 15.9. The second-order valence-corrected chi connectivity index (χ2v) is 5.75. The maximum atomic E-state index is 13.0. The molecule has 0 saturated carbocycles. The Morgan fingerprint density at radius 2 is 2.04 bits per heavy atom. The summed E-state index contributed by atoms with van der Waals surface area (Å²) in [6, 6.07) is 7.65. The summed E-state index contributed by atoms with van der Waals surface area (Å²) in [4.78, 5) is 14.1. The molecule has 0 saturated heterocycles. The molecule has 1 amide bonds. The van der Waals surface area contributed by atoms with E-state index < -0.39 is 0 Å². The fraction of sp³-hybridized carbons (Fsp3) is 0.235. The molecule has 0 fully saturated rings. The van der Waals surface area contributed by atoms with Gasteiger partial charge in [0.05, 0.1) is 11.4 Å². The van der Waals surface area contributed by atoms with Gasteiger partial charge in [-0.3, -0.25) is 14.6 Å². The summed E-state index contributed by atoms with van der Waals surface area (Å²) in [6.07, 6.45) is 1.90. The number of rotatable bonds is 4. The van der Waals surface area contributed by atoms with Gasteiger partial charge in [-0.15, -0.1) is 0 Å². The number of hydrogen-bond acceptors (Lipinski definition) is 3. The van der Waals surface area contributed by atoms with Crippen LogP contribution in [-0.4, -0.2) is 37.8 Å². The minimum absolute atomic E-state index is 0.167. The van der Waals surface area contributed by atoms with E-state index >= 15 is 0 Å². The maximum absolute atomic E-state index is 13.0. The molecule has 3 rings (SSSR count). The van der Waals surface area contributed by atoms with Crippen LogP contribution in [-0.2, 0) is 13.6 Å². The SMILES string of the molecule is Cc1nn(C)cc1CN(C)C(=O)c1cc(-c2ccc(F)cc2)n[nH]1. The van der Waals surface area contributed by atoms with Gasteiger partial charge in [0, 0.05) is 38.0 Å². The Labute approximate surface area is 138 Å². The predicted octanol–water partition coefficient (Wildman–Crippen LogP) is 2.53. The first-order valence-corrected chi connectivity index (χ1v) is 7.50. The molecule has 0 spiro atoms. The van der Waals surface area contributed by atoms with E-state index in [1.165, 1.54) is 12.1 Å². The van der Waals surface area contributed by atoms with E-state index in [4.69, 9.17) is 0 Å². The molecule has 7 heteroatoms. The summed E-state index contributed by atoms with van der Waals surface area (Å²) in [5.74, 6) is -0.476. The minimum Gasteiger partial charge on any atom is -0.336 e. The normalized spacial score (nSPS) is 10.8. The van der Waals surface area contributed by atoms with E-state index in [2.05, 4.69) is 15.3 Å². The van der Waals surface area contributed by atoms with Crippen molar-refractivity contribution >= 4 is 5.91 Å². The van der Waals surface area contributed by atoms with Gasteiger partial charge in [0.25, 0.3) is 5.91 Å². The van der Waals surface area contributed by atoms with Crippen molar-refractivity contribution in [3.8, 4) is 11.3 Å². The highest BCUT2D eigenvalue weighted by Crippen LogP contribution is 2.19. The zero-order valence-electron chi connectivity index (χ0n) is 13.7. The molecule has 124 valence electrons. The average Bonchev–Trinajstić information content (AvgIpc) is 3.14. The third-order valence-electron chi connectivity index (χ3n) is 3.82. The van der Waals surface area contributed by atoms with Gasteiger partial charge in [-0.25, -0.2) is 4.39 Å². The number of H-pyrrole nitrogens is 1. The van der Waals surface area contributed by atoms with Crippen LogP contribution in [0.1, 0.15) is 21.7 Å². The standard InChI is InChI=1S/C17H18FN5O/c1-11-13(10-23(3)21-11)9-22(2)17(24)16-8-15(19-20-16)12-4-6-14(18)7-5-12/h4-8,10H,9H2,1-3H3,(H,19,20). The van der Waals surface area contributed by atoms with Gasteiger partial charge in [0.2, 0.25) is 0 Å². The molecule has 0 unspecified atom stereocenters. The summed E-state index contributed by atoms with van der Waals surface area (Å²) in [5.41, 5.74) is 3.63. The summed E-state index contributed by atoms with van der Waals surface area (Å²) < 4.78 is 14.7. The Bertz CT molecular complexity index is 865. The van der Waals surface area contributed by atoms with Gasteiger partial charge in [-0.2, -0.15) is 10.2 Å². The molecule has 0 aliphatic heterocycles. The van der Waals surface area contributed by atoms with Gasteiger partial charge in [0.15, 0.2) is 0 Å². The molecule has 2 aromatic heterocycles. The van der Waals surface area contributed by atoms with Crippen molar-refractivity contribution in [2.75, 3.05) is 7.05 Å². The van der Waals surface area contributed by atoms with Crippen LogP contribution in [0.5, 0.6) is 0 Å². The molecule has 1 N–H and O–H groups in total. The van der Waals surface area contributed by atoms with Gasteiger partial charge in [-0.1, -0.05) is 0 Å². The topological polar surface area (TPSA) is 66.8 Å². The van der Waals surface area contributed by atoms with E-state index in [1.807, 2.05) is 20.2 Å². The van der Waals surface area contributed by atoms with E-state index in [-0.39, 0.29) is 11.7 Å². The second-order valence-electron chi connectivity index (χ2n) is 5.75. The number of nitrogens with one attached hydrogen (secondary N) is 1. The highest BCUT2D eigenvalue weighted by atomic mass is 19.1. The van der Waals surface area contributed by atoms with Crippen LogP contribution in [0.25, 0.3) is 11.3 Å². The number of halogens is 1. The molecule has 0 aliphatic rings. The summed E-state index contributed by atoms with van der Waals surface area (Å²) in [7, 11) is 3.58. The number of carbonyl (C=O) groups excluding carboxylic acids is 1. The Morgan fingerprint density at radius 3 is 2.67 bits per heavy atom. The molecule has 0 atom stereocenters. The second kappa shape index (κ2) is 6.27. The highest BCUT2D eigenvalue weighted by Gasteiger charge is 2.17. The van der Waals surface area contributed by atoms with Gasteiger partial charge in [0.1, 0.15) is 11.5 Å². The van der Waals surface area contributed by atoms with Gasteiger partial charge >= 0.3 is 0 Å². The van der Waals surface area contributed by atoms with Crippen LogP contribution < -0.4 is 0 Å². The minimum atomic E-state index is -0.308. The Balaban J connectivity index is 1.75. The average molecular weight is 327 g/mol. The molecule has 0 bridgehead atoms. The maximum Gasteiger partial charge on any atom is 0.271 e. The van der Waals surface area contributed by atoms with Crippen molar-refractivity contribution < 1.29 is 9.18 Å². The van der Waals surface area contributed by atoms with Crippen molar-refractivity contribution in [3.05, 3.63) is 59.3 Å². The fourth-order valence-corrected chi connectivity index (χ4v) is 2.54. The molecular weight excluding hydrogens is 309 g/mol. The summed E-state index contributed by atoms with van der Waals surface area (Å²) in [5, 5.41) is 11.2. The van der Waals surface area contributed by atoms with E-state index in [0.717, 1.165) is 16.8 Å². The summed E-state index contributed by atoms with van der Waals surface area (Å²) in [6.45, 7) is 2.37. The van der Waals surface area contributed by atoms with Gasteiger partial charge < -0.3 is 4.90 Å².